The minimum atomic E-state index is -1.58. The monoisotopic (exact) mass is 238 g/mol. The molecule has 16 heavy (non-hydrogen) atoms. The molecule has 0 aromatic rings. The third-order valence-corrected chi connectivity index (χ3v) is 2.12. The fourth-order valence-electron chi connectivity index (χ4n) is 1.28. The van der Waals surface area contributed by atoms with Gasteiger partial charge in [-0.05, 0) is 0 Å². The van der Waals surface area contributed by atoms with Gasteiger partial charge in [-0.15, -0.1) is 0 Å². The maximum absolute atomic E-state index is 10.3. The molecule has 1 heterocycles. The van der Waals surface area contributed by atoms with Gasteiger partial charge in [0, 0.05) is 0 Å². The van der Waals surface area contributed by atoms with Gasteiger partial charge in [-0.25, -0.2) is 15.1 Å². The standard InChI is InChI=1S/C7H14N2O7/c8-7(14)9-16-6-5(13)4(12)3(11)2(1-10)15-6/h2-6,10-13H,1H2,(H3,8,9,14)/t2-,3+,4+,5-,6+/m1/s1. The number of carbonyl (C=O) groups excluding carboxylic acids is 1. The van der Waals surface area contributed by atoms with Crippen molar-refractivity contribution >= 4 is 6.03 Å². The molecule has 7 N–H and O–H groups in total. The topological polar surface area (TPSA) is 154 Å². The van der Waals surface area contributed by atoms with E-state index in [1.807, 2.05) is 0 Å². The minimum Gasteiger partial charge on any atom is -0.394 e. The molecule has 2 amide bonds. The number of rotatable bonds is 3. The first-order chi connectivity index (χ1) is 7.47. The first kappa shape index (κ1) is 13.1. The molecule has 9 heteroatoms. The van der Waals surface area contributed by atoms with Crippen molar-refractivity contribution in [3.05, 3.63) is 0 Å². The van der Waals surface area contributed by atoms with E-state index < -0.39 is 43.3 Å². The Balaban J connectivity index is 2.60. The van der Waals surface area contributed by atoms with Gasteiger partial charge in [-0.3, -0.25) is 0 Å². The molecule has 1 aliphatic heterocycles. The number of nitrogens with one attached hydrogen (secondary N) is 1. The number of hydroxylamine groups is 1. The van der Waals surface area contributed by atoms with Crippen molar-refractivity contribution < 1.29 is 34.8 Å². The second-order valence-corrected chi connectivity index (χ2v) is 3.28. The van der Waals surface area contributed by atoms with E-state index >= 15 is 0 Å². The Hall–Kier alpha value is -0.970. The quantitative estimate of drug-likeness (QED) is 0.277. The molecule has 1 saturated heterocycles. The summed E-state index contributed by atoms with van der Waals surface area (Å²) in [5, 5.41) is 36.9. The summed E-state index contributed by atoms with van der Waals surface area (Å²) in [7, 11) is 0. The Morgan fingerprint density at radius 2 is 1.94 bits per heavy atom. The lowest BCUT2D eigenvalue weighted by Gasteiger charge is -2.38. The third-order valence-electron chi connectivity index (χ3n) is 2.12. The number of primary amides is 1. The van der Waals surface area contributed by atoms with Crippen molar-refractivity contribution in [2.75, 3.05) is 6.61 Å². The average molecular weight is 238 g/mol. The fourth-order valence-corrected chi connectivity index (χ4v) is 1.28. The predicted molar refractivity (Wildman–Crippen MR) is 47.6 cm³/mol. The zero-order valence-electron chi connectivity index (χ0n) is 8.18. The first-order valence-electron chi connectivity index (χ1n) is 4.49. The number of nitrogens with two attached hydrogens (primary N) is 1. The van der Waals surface area contributed by atoms with Gasteiger partial charge in [0.2, 0.25) is 6.29 Å². The van der Waals surface area contributed by atoms with Crippen LogP contribution < -0.4 is 11.2 Å². The van der Waals surface area contributed by atoms with E-state index in [-0.39, 0.29) is 0 Å². The molecule has 94 valence electrons. The highest BCUT2D eigenvalue weighted by molar-refractivity contribution is 5.70. The molecule has 1 fully saturated rings. The van der Waals surface area contributed by atoms with E-state index in [9.17, 15) is 20.1 Å². The number of hydrogen-bond donors (Lipinski definition) is 6. The average Bonchev–Trinajstić information content (AvgIpc) is 2.25. The first-order valence-corrected chi connectivity index (χ1v) is 4.49. The second-order valence-electron chi connectivity index (χ2n) is 3.28. The van der Waals surface area contributed by atoms with Crippen molar-refractivity contribution in [2.45, 2.75) is 30.7 Å². The van der Waals surface area contributed by atoms with E-state index in [2.05, 4.69) is 4.84 Å². The summed E-state index contributed by atoms with van der Waals surface area (Å²) < 4.78 is 4.88. The van der Waals surface area contributed by atoms with Gasteiger partial charge in [0.1, 0.15) is 24.4 Å². The maximum Gasteiger partial charge on any atom is 0.336 e. The molecule has 0 unspecified atom stereocenters. The summed E-state index contributed by atoms with van der Waals surface area (Å²) in [5.41, 5.74) is 6.42. The van der Waals surface area contributed by atoms with Gasteiger partial charge in [0.25, 0.3) is 0 Å². The summed E-state index contributed by atoms with van der Waals surface area (Å²) in [6.07, 6.45) is -7.15. The van der Waals surface area contributed by atoms with Crippen LogP contribution in [0.2, 0.25) is 0 Å². The van der Waals surface area contributed by atoms with Crippen LogP contribution in [0.25, 0.3) is 0 Å². The molecule has 0 bridgehead atoms. The Labute approximate surface area is 90.3 Å². The van der Waals surface area contributed by atoms with Crippen LogP contribution in [0.3, 0.4) is 0 Å². The highest BCUT2D eigenvalue weighted by atomic mass is 16.8. The molecule has 0 spiro atoms. The minimum absolute atomic E-state index is 0.582. The van der Waals surface area contributed by atoms with Gasteiger partial charge >= 0.3 is 6.03 Å². The van der Waals surface area contributed by atoms with E-state index in [0.717, 1.165) is 0 Å². The zero-order chi connectivity index (χ0) is 12.3. The Morgan fingerprint density at radius 1 is 1.31 bits per heavy atom. The fraction of sp³-hybridized carbons (Fsp3) is 0.857. The normalized spacial score (nSPS) is 39.4. The highest BCUT2D eigenvalue weighted by Gasteiger charge is 2.44. The Morgan fingerprint density at radius 3 is 2.44 bits per heavy atom. The van der Waals surface area contributed by atoms with Gasteiger partial charge in [-0.1, -0.05) is 0 Å². The SMILES string of the molecule is NC(=O)NO[C@@H]1O[C@H](CO)[C@H](O)[C@H](O)[C@H]1O. The number of carbonyl (C=O) groups is 1. The number of urea groups is 1. The lowest BCUT2D eigenvalue weighted by molar-refractivity contribution is -0.311. The summed E-state index contributed by atoms with van der Waals surface area (Å²) in [6, 6.07) is -1.02. The third kappa shape index (κ3) is 2.78. The van der Waals surface area contributed by atoms with Crippen LogP contribution in [0, 0.1) is 0 Å². The lowest BCUT2D eigenvalue weighted by atomic mass is 9.99. The van der Waals surface area contributed by atoms with Crippen LogP contribution in [0.1, 0.15) is 0 Å². The van der Waals surface area contributed by atoms with Crippen LogP contribution >= 0.6 is 0 Å². The van der Waals surface area contributed by atoms with Crippen LogP contribution in [-0.2, 0) is 9.57 Å². The van der Waals surface area contributed by atoms with Crippen molar-refractivity contribution in [2.24, 2.45) is 5.73 Å². The molecule has 5 atom stereocenters. The van der Waals surface area contributed by atoms with Gasteiger partial charge < -0.3 is 30.9 Å². The summed E-state index contributed by atoms with van der Waals surface area (Å²) in [6.45, 7) is -0.582. The molecule has 0 aromatic carbocycles. The summed E-state index contributed by atoms with van der Waals surface area (Å²) >= 11 is 0. The van der Waals surface area contributed by atoms with Crippen LogP contribution in [0.5, 0.6) is 0 Å². The molecule has 1 aliphatic rings. The van der Waals surface area contributed by atoms with E-state index in [0.29, 0.717) is 0 Å². The van der Waals surface area contributed by atoms with Crippen molar-refractivity contribution in [3.63, 3.8) is 0 Å². The summed E-state index contributed by atoms with van der Waals surface area (Å²) in [4.78, 5) is 14.9. The van der Waals surface area contributed by atoms with Crippen molar-refractivity contribution in [1.82, 2.24) is 5.48 Å². The number of ether oxygens (including phenoxy) is 1. The number of aliphatic hydroxyl groups excluding tert-OH is 4. The van der Waals surface area contributed by atoms with Crippen LogP contribution in [0.4, 0.5) is 4.79 Å². The smallest absolute Gasteiger partial charge is 0.336 e. The molecule has 1 rings (SSSR count). The molecule has 9 nitrogen and oxygen atoms in total. The van der Waals surface area contributed by atoms with E-state index in [4.69, 9.17) is 15.6 Å². The van der Waals surface area contributed by atoms with Gasteiger partial charge in [0.15, 0.2) is 0 Å². The van der Waals surface area contributed by atoms with Crippen molar-refractivity contribution in [3.8, 4) is 0 Å². The molecular formula is C7H14N2O7. The largest absolute Gasteiger partial charge is 0.394 e. The highest BCUT2D eigenvalue weighted by Crippen LogP contribution is 2.21. The molecule has 0 aliphatic carbocycles. The molecule has 0 radical (unpaired) electrons. The van der Waals surface area contributed by atoms with Crippen LogP contribution in [-0.4, -0.2) is 63.8 Å². The molecule has 0 saturated carbocycles. The molecular weight excluding hydrogens is 224 g/mol. The van der Waals surface area contributed by atoms with Crippen LogP contribution in [0.15, 0.2) is 0 Å². The maximum atomic E-state index is 10.3. The van der Waals surface area contributed by atoms with E-state index in [1.165, 1.54) is 0 Å². The number of amides is 2. The van der Waals surface area contributed by atoms with Gasteiger partial charge in [-0.2, -0.15) is 0 Å². The van der Waals surface area contributed by atoms with Gasteiger partial charge in [0.05, 0.1) is 6.61 Å². The molecule has 0 aromatic heterocycles. The Kier molecular flexibility index (Phi) is 4.41. The van der Waals surface area contributed by atoms with E-state index in [1.54, 1.807) is 5.48 Å². The number of hydrogen-bond acceptors (Lipinski definition) is 7. The zero-order valence-corrected chi connectivity index (χ0v) is 8.18. The summed E-state index contributed by atoms with van der Waals surface area (Å²) in [5.74, 6) is 0. The second kappa shape index (κ2) is 5.39. The Bertz CT molecular complexity index is 249. The number of aliphatic hydroxyl groups is 4. The lowest BCUT2D eigenvalue weighted by Crippen LogP contribution is -2.60. The van der Waals surface area contributed by atoms with Crippen molar-refractivity contribution in [1.29, 1.82) is 0 Å². The predicted octanol–water partition coefficient (Wildman–Crippen LogP) is -3.61.